The molecule has 6 heteroatoms. The first-order chi connectivity index (χ1) is 13.7. The maximum absolute atomic E-state index is 11.7. The summed E-state index contributed by atoms with van der Waals surface area (Å²) in [6, 6.07) is 0. The molecule has 0 amide bonds. The van der Waals surface area contributed by atoms with Crippen molar-refractivity contribution >= 4 is 33.5 Å². The monoisotopic (exact) mass is 438 g/mol. The molecule has 29 heavy (non-hydrogen) atoms. The molecular weight excluding hydrogens is 404 g/mol. The first kappa shape index (κ1) is 20.5. The third-order valence-electron chi connectivity index (χ3n) is 9.65. The van der Waals surface area contributed by atoms with Crippen LogP contribution >= 0.6 is 21.6 Å². The van der Waals surface area contributed by atoms with Crippen LogP contribution in [-0.2, 0) is 19.1 Å². The van der Waals surface area contributed by atoms with Gasteiger partial charge in [-0.25, -0.2) is 0 Å². The number of fused-ring (bicyclic) bond motifs is 3. The first-order valence-corrected chi connectivity index (χ1v) is 13.6. The Bertz CT molecular complexity index is 728. The molecule has 0 N–H and O–H groups in total. The van der Waals surface area contributed by atoms with Gasteiger partial charge in [0.05, 0.1) is 0 Å². The fraction of sp³-hybridized carbons (Fsp3) is 0.913. The first-order valence-electron chi connectivity index (χ1n) is 11.4. The largest absolute Gasteiger partial charge is 0.462 e. The molecule has 5 aliphatic rings. The maximum Gasteiger partial charge on any atom is 0.302 e. The molecule has 0 spiro atoms. The minimum Gasteiger partial charge on any atom is -0.462 e. The Morgan fingerprint density at radius 1 is 0.931 bits per heavy atom. The summed E-state index contributed by atoms with van der Waals surface area (Å²) in [6.07, 6.45) is 9.43. The summed E-state index contributed by atoms with van der Waals surface area (Å²) >= 11 is 0. The predicted molar refractivity (Wildman–Crippen MR) is 116 cm³/mol. The Morgan fingerprint density at radius 2 is 1.69 bits per heavy atom. The lowest BCUT2D eigenvalue weighted by atomic mass is 9.44. The molecule has 9 atom stereocenters. The second-order valence-corrected chi connectivity index (χ2v) is 13.5. The van der Waals surface area contributed by atoms with Crippen LogP contribution in [0.25, 0.3) is 0 Å². The van der Waals surface area contributed by atoms with Crippen molar-refractivity contribution in [2.24, 2.45) is 28.6 Å². The molecule has 2 bridgehead atoms. The van der Waals surface area contributed by atoms with E-state index in [1.165, 1.54) is 32.1 Å². The molecule has 0 radical (unpaired) electrons. The third kappa shape index (κ3) is 2.79. The van der Waals surface area contributed by atoms with Crippen molar-refractivity contribution in [2.75, 3.05) is 0 Å². The molecule has 0 unspecified atom stereocenters. The van der Waals surface area contributed by atoms with Crippen LogP contribution in [0.5, 0.6) is 0 Å². The van der Waals surface area contributed by atoms with E-state index in [4.69, 9.17) is 9.47 Å². The highest BCUT2D eigenvalue weighted by molar-refractivity contribution is 8.78. The molecule has 1 heterocycles. The van der Waals surface area contributed by atoms with Gasteiger partial charge >= 0.3 is 11.9 Å². The second-order valence-electron chi connectivity index (χ2n) is 10.8. The van der Waals surface area contributed by atoms with Gasteiger partial charge in [-0.05, 0) is 68.1 Å². The summed E-state index contributed by atoms with van der Waals surface area (Å²) in [4.78, 5) is 23.3. The Balaban J connectivity index is 1.42. The molecule has 0 aromatic carbocycles. The number of ether oxygens (including phenoxy) is 2. The number of carbonyl (C=O) groups is 2. The molecule has 4 saturated carbocycles. The molecule has 1 saturated heterocycles. The molecule has 0 aromatic heterocycles. The van der Waals surface area contributed by atoms with Crippen LogP contribution in [0.2, 0.25) is 0 Å². The highest BCUT2D eigenvalue weighted by Gasteiger charge is 2.71. The van der Waals surface area contributed by atoms with Crippen LogP contribution < -0.4 is 0 Å². The average molecular weight is 439 g/mol. The summed E-state index contributed by atoms with van der Waals surface area (Å²) in [5, 5.41) is 0.577. The van der Waals surface area contributed by atoms with Crippen LogP contribution in [0.1, 0.15) is 79.1 Å². The van der Waals surface area contributed by atoms with Crippen LogP contribution in [0.3, 0.4) is 0 Å². The Labute approximate surface area is 182 Å². The molecule has 4 aliphatic carbocycles. The van der Waals surface area contributed by atoms with Gasteiger partial charge in [0.15, 0.2) is 0 Å². The maximum atomic E-state index is 11.7. The number of rotatable bonds is 2. The highest BCUT2D eigenvalue weighted by atomic mass is 33.1. The van der Waals surface area contributed by atoms with Crippen LogP contribution in [0.4, 0.5) is 0 Å². The molecule has 5 fully saturated rings. The van der Waals surface area contributed by atoms with Crippen LogP contribution in [0, 0.1) is 28.6 Å². The molecule has 162 valence electrons. The lowest BCUT2D eigenvalue weighted by molar-refractivity contribution is -0.162. The fourth-order valence-electron chi connectivity index (χ4n) is 8.36. The van der Waals surface area contributed by atoms with Gasteiger partial charge in [0.25, 0.3) is 0 Å². The fourth-order valence-corrected chi connectivity index (χ4v) is 13.3. The Kier molecular flexibility index (Phi) is 4.83. The number of esters is 2. The van der Waals surface area contributed by atoms with Gasteiger partial charge < -0.3 is 9.47 Å². The SMILES string of the molecule is CC(=O)O[C@@H]1C[C@@H]2SS[C@]3(CC[C@H]4[C@@H]5CC[C@H](OC(C)=O)[C@@]5(C)CC[C@@H]4[C@@]23C)C1. The summed E-state index contributed by atoms with van der Waals surface area (Å²) in [5.41, 5.74) is 0.477. The number of hydrogen-bond acceptors (Lipinski definition) is 6. The lowest BCUT2D eigenvalue weighted by Crippen LogP contribution is -2.63. The van der Waals surface area contributed by atoms with Gasteiger partial charge in [0, 0.05) is 35.7 Å². The van der Waals surface area contributed by atoms with Crippen molar-refractivity contribution in [1.29, 1.82) is 0 Å². The van der Waals surface area contributed by atoms with Gasteiger partial charge in [0.2, 0.25) is 0 Å². The van der Waals surface area contributed by atoms with Crippen molar-refractivity contribution in [3.8, 4) is 0 Å². The minimum atomic E-state index is -0.131. The van der Waals surface area contributed by atoms with Crippen LogP contribution in [0.15, 0.2) is 0 Å². The van der Waals surface area contributed by atoms with E-state index in [0.717, 1.165) is 31.1 Å². The van der Waals surface area contributed by atoms with Crippen molar-refractivity contribution < 1.29 is 19.1 Å². The zero-order valence-corrected chi connectivity index (χ0v) is 19.7. The van der Waals surface area contributed by atoms with Crippen molar-refractivity contribution in [3.05, 3.63) is 0 Å². The number of carbonyl (C=O) groups excluding carboxylic acids is 2. The summed E-state index contributed by atoms with van der Waals surface area (Å²) in [5.74, 6) is 1.92. The zero-order valence-electron chi connectivity index (χ0n) is 18.1. The van der Waals surface area contributed by atoms with Crippen molar-refractivity contribution in [1.82, 2.24) is 0 Å². The topological polar surface area (TPSA) is 52.6 Å². The normalized spacial score (nSPS) is 52.8. The molecule has 1 aliphatic heterocycles. The van der Waals surface area contributed by atoms with Crippen LogP contribution in [-0.4, -0.2) is 34.1 Å². The highest BCUT2D eigenvalue weighted by Crippen LogP contribution is 2.77. The standard InChI is InChI=1S/C23H34O4S2/c1-13(24)26-15-11-20-22(4)18-8-9-21(3)17(5-6-19(21)27-14(2)25)16(18)7-10-23(22,12-15)29-28-20/h15-20H,5-12H2,1-4H3/t15-,16+,17+,18+,19+,20+,21+,22+,23-/m1/s1. The van der Waals surface area contributed by atoms with Gasteiger partial charge in [-0.15, -0.1) is 0 Å². The molecule has 4 nitrogen and oxygen atoms in total. The summed E-state index contributed by atoms with van der Waals surface area (Å²) in [7, 11) is 4.20. The zero-order chi connectivity index (χ0) is 20.6. The molecule has 5 rings (SSSR count). The van der Waals surface area contributed by atoms with E-state index in [9.17, 15) is 9.59 Å². The van der Waals surface area contributed by atoms with Gasteiger partial charge in [-0.3, -0.25) is 9.59 Å². The van der Waals surface area contributed by atoms with Gasteiger partial charge in [-0.2, -0.15) is 0 Å². The van der Waals surface area contributed by atoms with E-state index < -0.39 is 0 Å². The Hall–Kier alpha value is -0.360. The van der Waals surface area contributed by atoms with E-state index >= 15 is 0 Å². The van der Waals surface area contributed by atoms with Gasteiger partial charge in [-0.1, -0.05) is 35.4 Å². The summed E-state index contributed by atoms with van der Waals surface area (Å²) in [6.45, 7) is 8.08. The van der Waals surface area contributed by atoms with Crippen molar-refractivity contribution in [2.45, 2.75) is 101 Å². The number of hydrogen-bond donors (Lipinski definition) is 0. The van der Waals surface area contributed by atoms with E-state index in [1.54, 1.807) is 13.8 Å². The van der Waals surface area contributed by atoms with E-state index in [1.807, 2.05) is 0 Å². The predicted octanol–water partition coefficient (Wildman–Crippen LogP) is 5.39. The molecule has 0 aromatic rings. The average Bonchev–Trinajstić information content (AvgIpc) is 3.01. The van der Waals surface area contributed by atoms with Gasteiger partial charge in [0.1, 0.15) is 12.2 Å². The summed E-state index contributed by atoms with van der Waals surface area (Å²) < 4.78 is 11.8. The Morgan fingerprint density at radius 3 is 2.41 bits per heavy atom. The lowest BCUT2D eigenvalue weighted by Gasteiger charge is -2.63. The second kappa shape index (κ2) is 6.82. The smallest absolute Gasteiger partial charge is 0.302 e. The minimum absolute atomic E-state index is 0.0957. The van der Waals surface area contributed by atoms with E-state index in [2.05, 4.69) is 35.4 Å². The quantitative estimate of drug-likeness (QED) is 0.426. The van der Waals surface area contributed by atoms with Crippen molar-refractivity contribution in [3.63, 3.8) is 0 Å². The van der Waals surface area contributed by atoms with E-state index in [-0.39, 0.29) is 34.3 Å². The van der Waals surface area contributed by atoms with E-state index in [0.29, 0.717) is 16.6 Å². The third-order valence-corrected chi connectivity index (χ3v) is 13.7. The molecular formula is C23H34O4S2.